The second-order valence-electron chi connectivity index (χ2n) is 17.9. The van der Waals surface area contributed by atoms with Gasteiger partial charge in [0.25, 0.3) is 0 Å². The van der Waals surface area contributed by atoms with E-state index in [9.17, 15) is 28.8 Å². The van der Waals surface area contributed by atoms with Crippen LogP contribution in [0, 0.1) is 0 Å². The fourth-order valence-corrected chi connectivity index (χ4v) is 5.33. The molecule has 0 radical (unpaired) electrons. The number of carbonyl (C=O) groups excluding carboxylic acids is 6. The monoisotopic (exact) mass is 864 g/mol. The van der Waals surface area contributed by atoms with E-state index in [-0.39, 0.29) is 41.8 Å². The average Bonchev–Trinajstić information content (AvgIpc) is 3.08. The highest BCUT2D eigenvalue weighted by Crippen LogP contribution is 2.25. The Morgan fingerprint density at radius 2 is 1.20 bits per heavy atom. The Balaban J connectivity index is 1.70. The summed E-state index contributed by atoms with van der Waals surface area (Å²) < 4.78 is 27.0. The summed E-state index contributed by atoms with van der Waals surface area (Å²) in [5.74, 6) is -2.30. The van der Waals surface area contributed by atoms with Gasteiger partial charge in [-0.05, 0) is 149 Å². The first-order valence-electron chi connectivity index (χ1n) is 19.6. The zero-order valence-electron chi connectivity index (χ0n) is 36.9. The van der Waals surface area contributed by atoms with Crippen molar-refractivity contribution in [2.75, 3.05) is 18.4 Å². The van der Waals surface area contributed by atoms with E-state index < -0.39 is 58.4 Å². The van der Waals surface area contributed by atoms with E-state index >= 15 is 0 Å². The van der Waals surface area contributed by atoms with Gasteiger partial charge in [0.05, 0.1) is 17.5 Å². The Hall–Kier alpha value is -5.96. The summed E-state index contributed by atoms with van der Waals surface area (Å²) in [6.45, 7) is 20.5. The fourth-order valence-electron chi connectivity index (χ4n) is 5.10. The molecule has 61 heavy (non-hydrogen) atoms. The molecule has 2 N–H and O–H groups in total. The Morgan fingerprint density at radius 1 is 0.656 bits per heavy atom. The van der Waals surface area contributed by atoms with Crippen LogP contribution in [0.3, 0.4) is 0 Å². The van der Waals surface area contributed by atoms with Gasteiger partial charge in [-0.15, -0.1) is 4.99 Å². The van der Waals surface area contributed by atoms with E-state index in [4.69, 9.17) is 35.3 Å². The minimum absolute atomic E-state index is 0.113. The van der Waals surface area contributed by atoms with Gasteiger partial charge in [0.1, 0.15) is 34.7 Å². The Morgan fingerprint density at radius 3 is 1.74 bits per heavy atom. The maximum Gasteiger partial charge on any atom is 0.437 e. The lowest BCUT2D eigenvalue weighted by molar-refractivity contribution is -0.158. The fraction of sp³-hybridized carbons (Fsp3) is 0.444. The molecule has 0 bridgehead atoms. The zero-order valence-corrected chi connectivity index (χ0v) is 37.7. The highest BCUT2D eigenvalue weighted by atomic mass is 35.5. The molecule has 3 aromatic carbocycles. The van der Waals surface area contributed by atoms with E-state index in [0.29, 0.717) is 23.2 Å². The summed E-state index contributed by atoms with van der Waals surface area (Å²) in [7, 11) is 0. The van der Waals surface area contributed by atoms with Gasteiger partial charge in [0.15, 0.2) is 0 Å². The van der Waals surface area contributed by atoms with Crippen LogP contribution in [0.25, 0.3) is 0 Å². The van der Waals surface area contributed by atoms with Gasteiger partial charge in [0, 0.05) is 17.3 Å². The number of aliphatic imine (C=N–C) groups is 1. The van der Waals surface area contributed by atoms with E-state index in [1.165, 1.54) is 41.3 Å². The Bertz CT molecular complexity index is 2090. The zero-order chi connectivity index (χ0) is 45.9. The van der Waals surface area contributed by atoms with Crippen molar-refractivity contribution in [1.29, 1.82) is 0 Å². The molecule has 0 saturated heterocycles. The van der Waals surface area contributed by atoms with Crippen molar-refractivity contribution in [3.05, 3.63) is 94.0 Å². The van der Waals surface area contributed by atoms with Gasteiger partial charge in [-0.2, -0.15) is 0 Å². The van der Waals surface area contributed by atoms with Gasteiger partial charge in [-0.1, -0.05) is 29.8 Å². The van der Waals surface area contributed by atoms with Crippen molar-refractivity contribution in [2.45, 2.75) is 118 Å². The van der Waals surface area contributed by atoms with Crippen LogP contribution in [-0.2, 0) is 41.4 Å². The third-order valence-corrected chi connectivity index (χ3v) is 7.88. The first-order chi connectivity index (χ1) is 28.0. The molecule has 0 aliphatic carbocycles. The van der Waals surface area contributed by atoms with Crippen LogP contribution in [0.15, 0.2) is 71.7 Å². The van der Waals surface area contributed by atoms with E-state index in [0.717, 1.165) is 5.56 Å². The molecule has 0 aromatic heterocycles. The summed E-state index contributed by atoms with van der Waals surface area (Å²) in [6, 6.07) is 17.2. The first kappa shape index (κ1) is 49.4. The number of halogens is 1. The lowest BCUT2D eigenvalue weighted by atomic mass is 10.1. The topological polar surface area (TPSA) is 188 Å². The number of ether oxygens (including phenoxy) is 5. The van der Waals surface area contributed by atoms with E-state index in [2.05, 4.69) is 15.6 Å². The first-order valence-corrected chi connectivity index (χ1v) is 19.9. The number of hydrogen-bond acceptors (Lipinski definition) is 11. The van der Waals surface area contributed by atoms with Crippen molar-refractivity contribution >= 4 is 59.2 Å². The summed E-state index contributed by atoms with van der Waals surface area (Å²) in [4.78, 5) is 82.1. The third-order valence-electron chi connectivity index (χ3n) is 7.53. The molecule has 0 saturated carbocycles. The lowest BCUT2D eigenvalue weighted by Gasteiger charge is -2.25. The van der Waals surface area contributed by atoms with Crippen LogP contribution in [-0.4, -0.2) is 82.4 Å². The minimum Gasteiger partial charge on any atom is -0.459 e. The molecule has 3 amide bonds. The second-order valence-corrected chi connectivity index (χ2v) is 18.3. The van der Waals surface area contributed by atoms with Crippen molar-refractivity contribution in [2.24, 2.45) is 4.99 Å². The largest absolute Gasteiger partial charge is 0.459 e. The quantitative estimate of drug-likeness (QED) is 0.0615. The number of amides is 3. The highest BCUT2D eigenvalue weighted by Gasteiger charge is 2.25. The lowest BCUT2D eigenvalue weighted by Crippen LogP contribution is -2.40. The van der Waals surface area contributed by atoms with Crippen molar-refractivity contribution in [3.8, 4) is 5.75 Å². The summed E-state index contributed by atoms with van der Waals surface area (Å²) in [5, 5.41) is 5.35. The number of hydrogen-bond donors (Lipinski definition) is 2. The summed E-state index contributed by atoms with van der Waals surface area (Å²) in [6.07, 6.45) is -1.61. The predicted octanol–water partition coefficient (Wildman–Crippen LogP) is 8.70. The van der Waals surface area contributed by atoms with Gasteiger partial charge < -0.3 is 33.9 Å². The molecular formula is C45H57ClN4O11. The van der Waals surface area contributed by atoms with Gasteiger partial charge in [-0.25, -0.2) is 19.2 Å². The molecule has 0 aliphatic heterocycles. The molecule has 0 aliphatic rings. The molecule has 0 fully saturated rings. The number of benzene rings is 3. The summed E-state index contributed by atoms with van der Waals surface area (Å²) >= 11 is 6.58. The second kappa shape index (κ2) is 20.5. The number of esters is 3. The van der Waals surface area contributed by atoms with Crippen molar-refractivity contribution < 1.29 is 52.5 Å². The van der Waals surface area contributed by atoms with Crippen LogP contribution in [0.1, 0.15) is 115 Å². The molecule has 330 valence electrons. The Labute approximate surface area is 362 Å². The molecule has 0 heterocycles. The molecular weight excluding hydrogens is 808 g/mol. The van der Waals surface area contributed by atoms with E-state index in [1.54, 1.807) is 113 Å². The molecule has 3 aromatic rings. The maximum atomic E-state index is 13.7. The SMILES string of the molecule is CC(C)(C)OC(=O)CN(CCc1ccc(C(=O)OC(C)(C)C)cc1)C(=O)Cc1ccc(OC(=O)c2ccc(N/C(=N\C(=O)OC(C)(C)C)NC(=O)OC(C)(C)C)cc2)cc1Cl. The number of anilines is 1. The van der Waals surface area contributed by atoms with Crippen LogP contribution in [0.5, 0.6) is 5.75 Å². The van der Waals surface area contributed by atoms with Crippen LogP contribution < -0.4 is 15.4 Å². The third kappa shape index (κ3) is 18.9. The Kier molecular flexibility index (Phi) is 16.6. The number of carbonyl (C=O) groups is 6. The number of nitrogens with one attached hydrogen (secondary N) is 2. The summed E-state index contributed by atoms with van der Waals surface area (Å²) in [5.41, 5.74) is -0.900. The van der Waals surface area contributed by atoms with Gasteiger partial charge >= 0.3 is 30.1 Å². The molecule has 0 unspecified atom stereocenters. The van der Waals surface area contributed by atoms with Crippen LogP contribution in [0.4, 0.5) is 15.3 Å². The van der Waals surface area contributed by atoms with Crippen LogP contribution >= 0.6 is 11.6 Å². The molecule has 16 heteroatoms. The maximum absolute atomic E-state index is 13.7. The normalized spacial score (nSPS) is 12.1. The number of alkyl carbamates (subject to hydrolysis) is 1. The van der Waals surface area contributed by atoms with Gasteiger partial charge in [-0.3, -0.25) is 14.9 Å². The van der Waals surface area contributed by atoms with Crippen molar-refractivity contribution in [1.82, 2.24) is 10.2 Å². The predicted molar refractivity (Wildman–Crippen MR) is 231 cm³/mol. The number of nitrogens with zero attached hydrogens (tertiary/aromatic N) is 2. The van der Waals surface area contributed by atoms with Crippen LogP contribution in [0.2, 0.25) is 5.02 Å². The molecule has 0 atom stereocenters. The highest BCUT2D eigenvalue weighted by molar-refractivity contribution is 6.31. The molecule has 15 nitrogen and oxygen atoms in total. The van der Waals surface area contributed by atoms with Crippen molar-refractivity contribution in [3.63, 3.8) is 0 Å². The number of guanidine groups is 1. The van der Waals surface area contributed by atoms with Gasteiger partial charge in [0.2, 0.25) is 11.9 Å². The smallest absolute Gasteiger partial charge is 0.437 e. The number of rotatable bonds is 11. The average molecular weight is 865 g/mol. The standard InChI is InChI=1S/C45H57ClN4O11/c1-42(2,3)58-36(52)27-50(24-23-28-13-15-30(16-14-28)38(54)59-43(4,5)6)35(51)25-31-19-22-33(26-34(31)46)57-37(53)29-17-20-32(21-18-29)47-39(48-40(55)60-44(7,8)9)49-41(56)61-45(10,11)12/h13-22,26H,23-25,27H2,1-12H3,(H2,47,48,49,55,56). The minimum atomic E-state index is -0.959. The molecule has 3 rings (SSSR count). The molecule has 0 spiro atoms. The van der Waals surface area contributed by atoms with E-state index in [1.807, 2.05) is 0 Å².